The van der Waals surface area contributed by atoms with E-state index in [4.69, 9.17) is 4.74 Å². The molecule has 6 heteroatoms. The van der Waals surface area contributed by atoms with Gasteiger partial charge in [-0.05, 0) is 18.6 Å². The second-order valence-electron chi connectivity index (χ2n) is 5.16. The van der Waals surface area contributed by atoms with Crippen LogP contribution in [0.15, 0.2) is 54.6 Å². The number of hydrogen-bond acceptors (Lipinski definition) is 4. The molecule has 0 aliphatic carbocycles. The fourth-order valence-corrected chi connectivity index (χ4v) is 2.08. The molecule has 0 atom stereocenters. The number of amides is 1. The summed E-state index contributed by atoms with van der Waals surface area (Å²) in [7, 11) is 0. The highest BCUT2D eigenvalue weighted by molar-refractivity contribution is 5.68. The molecular formula is C18H18N2O4. The van der Waals surface area contributed by atoms with Crippen molar-refractivity contribution in [3.8, 4) is 0 Å². The fraction of sp³-hybridized carbons (Fsp3) is 0.167. The third kappa shape index (κ3) is 5.24. The predicted octanol–water partition coefficient (Wildman–Crippen LogP) is 3.84. The van der Waals surface area contributed by atoms with Crippen LogP contribution in [0.3, 0.4) is 0 Å². The lowest BCUT2D eigenvalue weighted by atomic mass is 10.1. The highest BCUT2D eigenvalue weighted by Crippen LogP contribution is 2.20. The van der Waals surface area contributed by atoms with Crippen molar-refractivity contribution in [2.24, 2.45) is 0 Å². The number of nitro groups is 1. The number of ether oxygens (including phenoxy) is 1. The minimum Gasteiger partial charge on any atom is -0.445 e. The smallest absolute Gasteiger partial charge is 0.407 e. The van der Waals surface area contributed by atoms with Crippen LogP contribution in [0.5, 0.6) is 0 Å². The van der Waals surface area contributed by atoms with E-state index >= 15 is 0 Å². The number of hydrogen-bond donors (Lipinski definition) is 1. The molecule has 0 heterocycles. The van der Waals surface area contributed by atoms with Crippen LogP contribution < -0.4 is 5.32 Å². The van der Waals surface area contributed by atoms with Crippen molar-refractivity contribution in [2.45, 2.75) is 13.5 Å². The fourth-order valence-electron chi connectivity index (χ4n) is 2.08. The molecule has 0 bridgehead atoms. The van der Waals surface area contributed by atoms with Crippen molar-refractivity contribution in [1.29, 1.82) is 0 Å². The number of nitrogens with zero attached hydrogens (tertiary/aromatic N) is 1. The molecule has 6 nitrogen and oxygen atoms in total. The van der Waals surface area contributed by atoms with Crippen molar-refractivity contribution in [2.75, 3.05) is 6.54 Å². The largest absolute Gasteiger partial charge is 0.445 e. The number of benzene rings is 2. The normalized spacial score (nSPS) is 10.5. The lowest BCUT2D eigenvalue weighted by Gasteiger charge is -2.05. The Bertz CT molecular complexity index is 742. The van der Waals surface area contributed by atoms with Crippen molar-refractivity contribution < 1.29 is 14.5 Å². The van der Waals surface area contributed by atoms with Crippen LogP contribution in [0.4, 0.5) is 10.5 Å². The third-order valence-corrected chi connectivity index (χ3v) is 3.25. The van der Waals surface area contributed by atoms with Crippen molar-refractivity contribution in [3.05, 3.63) is 81.4 Å². The van der Waals surface area contributed by atoms with E-state index in [9.17, 15) is 14.9 Å². The van der Waals surface area contributed by atoms with Crippen LogP contribution in [0.25, 0.3) is 6.08 Å². The summed E-state index contributed by atoms with van der Waals surface area (Å²) in [5.41, 5.74) is 2.36. The number of carbonyl (C=O) groups excluding carboxylic acids is 1. The van der Waals surface area contributed by atoms with Gasteiger partial charge in [-0.2, -0.15) is 0 Å². The van der Waals surface area contributed by atoms with E-state index in [0.717, 1.165) is 11.1 Å². The number of aryl methyl sites for hydroxylation is 1. The molecule has 1 amide bonds. The molecule has 0 unspecified atom stereocenters. The number of alkyl carbamates (subject to hydrolysis) is 1. The summed E-state index contributed by atoms with van der Waals surface area (Å²) < 4.78 is 5.07. The van der Waals surface area contributed by atoms with E-state index in [1.54, 1.807) is 24.3 Å². The highest BCUT2D eigenvalue weighted by Gasteiger charge is 2.10. The maximum Gasteiger partial charge on any atom is 0.407 e. The predicted molar refractivity (Wildman–Crippen MR) is 91.5 cm³/mol. The Morgan fingerprint density at radius 3 is 2.71 bits per heavy atom. The molecule has 0 aliphatic heterocycles. The summed E-state index contributed by atoms with van der Waals surface area (Å²) in [6.07, 6.45) is 2.72. The first-order chi connectivity index (χ1) is 11.6. The first-order valence-electron chi connectivity index (χ1n) is 7.42. The second kappa shape index (κ2) is 8.47. The lowest BCUT2D eigenvalue weighted by Crippen LogP contribution is -2.24. The quantitative estimate of drug-likeness (QED) is 0.646. The highest BCUT2D eigenvalue weighted by atomic mass is 16.6. The van der Waals surface area contributed by atoms with Gasteiger partial charge >= 0.3 is 6.09 Å². The molecule has 0 saturated heterocycles. The zero-order valence-electron chi connectivity index (χ0n) is 13.3. The van der Waals surface area contributed by atoms with Gasteiger partial charge in [0.05, 0.1) is 10.5 Å². The van der Waals surface area contributed by atoms with Crippen molar-refractivity contribution in [1.82, 2.24) is 5.32 Å². The maximum atomic E-state index is 11.6. The summed E-state index contributed by atoms with van der Waals surface area (Å²) in [5.74, 6) is 0. The van der Waals surface area contributed by atoms with Crippen molar-refractivity contribution in [3.63, 3.8) is 0 Å². The minimum atomic E-state index is -0.540. The van der Waals surface area contributed by atoms with E-state index in [1.807, 2.05) is 37.3 Å². The molecule has 0 aromatic heterocycles. The van der Waals surface area contributed by atoms with Crippen LogP contribution in [0.2, 0.25) is 0 Å². The molecule has 2 rings (SSSR count). The zero-order valence-corrected chi connectivity index (χ0v) is 13.3. The molecule has 0 aliphatic rings. The minimum absolute atomic E-state index is 0.0310. The van der Waals surface area contributed by atoms with E-state index in [-0.39, 0.29) is 18.8 Å². The first-order valence-corrected chi connectivity index (χ1v) is 7.42. The summed E-state index contributed by atoms with van der Waals surface area (Å²) in [5, 5.41) is 13.5. The van der Waals surface area contributed by atoms with Gasteiger partial charge in [0, 0.05) is 12.6 Å². The van der Waals surface area contributed by atoms with Gasteiger partial charge in [0.15, 0.2) is 0 Å². The average molecular weight is 326 g/mol. The van der Waals surface area contributed by atoms with Crippen LogP contribution in [0, 0.1) is 17.0 Å². The van der Waals surface area contributed by atoms with E-state index in [0.29, 0.717) is 5.56 Å². The van der Waals surface area contributed by atoms with Crippen LogP contribution in [0.1, 0.15) is 16.7 Å². The number of nitro benzene ring substituents is 1. The standard InChI is InChI=1S/C18H18N2O4/c1-14-9-10-17(20(22)23)16(12-14)8-5-11-19-18(21)24-13-15-6-3-2-4-7-15/h2-10,12H,11,13H2,1H3,(H,19,21). The summed E-state index contributed by atoms with van der Waals surface area (Å²) >= 11 is 0. The molecule has 2 aromatic carbocycles. The molecular weight excluding hydrogens is 308 g/mol. The second-order valence-corrected chi connectivity index (χ2v) is 5.16. The molecule has 0 spiro atoms. The third-order valence-electron chi connectivity index (χ3n) is 3.25. The Morgan fingerprint density at radius 1 is 1.25 bits per heavy atom. The van der Waals surface area contributed by atoms with Gasteiger partial charge < -0.3 is 10.1 Å². The van der Waals surface area contributed by atoms with Crippen LogP contribution in [-0.2, 0) is 11.3 Å². The van der Waals surface area contributed by atoms with E-state index in [1.165, 1.54) is 6.07 Å². The van der Waals surface area contributed by atoms with Gasteiger partial charge in [0.1, 0.15) is 6.61 Å². The zero-order chi connectivity index (χ0) is 17.4. The number of nitrogens with one attached hydrogen (secondary N) is 1. The Morgan fingerprint density at radius 2 is 2.00 bits per heavy atom. The van der Waals surface area contributed by atoms with Gasteiger partial charge in [-0.3, -0.25) is 10.1 Å². The molecule has 24 heavy (non-hydrogen) atoms. The van der Waals surface area contributed by atoms with Gasteiger partial charge in [-0.15, -0.1) is 0 Å². The first kappa shape index (κ1) is 17.2. The Balaban J connectivity index is 1.83. The summed E-state index contributed by atoms with van der Waals surface area (Å²) in [6, 6.07) is 14.2. The molecule has 0 saturated carbocycles. The SMILES string of the molecule is Cc1ccc([N+](=O)[O-])c(C=CCNC(=O)OCc2ccccc2)c1. The lowest BCUT2D eigenvalue weighted by molar-refractivity contribution is -0.385. The molecule has 2 aromatic rings. The average Bonchev–Trinajstić information content (AvgIpc) is 2.57. The van der Waals surface area contributed by atoms with Gasteiger partial charge in [0.25, 0.3) is 5.69 Å². The molecule has 1 N–H and O–H groups in total. The number of carbonyl (C=O) groups is 1. The summed E-state index contributed by atoms with van der Waals surface area (Å²) in [6.45, 7) is 2.28. The van der Waals surface area contributed by atoms with Gasteiger partial charge in [-0.25, -0.2) is 4.79 Å². The van der Waals surface area contributed by atoms with E-state index < -0.39 is 11.0 Å². The molecule has 0 fully saturated rings. The van der Waals surface area contributed by atoms with E-state index in [2.05, 4.69) is 5.32 Å². The Kier molecular flexibility index (Phi) is 6.08. The number of rotatable bonds is 6. The van der Waals surface area contributed by atoms with Crippen molar-refractivity contribution >= 4 is 17.9 Å². The monoisotopic (exact) mass is 326 g/mol. The molecule has 124 valence electrons. The van der Waals surface area contributed by atoms with Crippen LogP contribution >= 0.6 is 0 Å². The topological polar surface area (TPSA) is 81.5 Å². The Labute approximate surface area is 139 Å². The van der Waals surface area contributed by atoms with Gasteiger partial charge in [-0.1, -0.05) is 54.1 Å². The van der Waals surface area contributed by atoms with Crippen LogP contribution in [-0.4, -0.2) is 17.6 Å². The molecule has 0 radical (unpaired) electrons. The summed E-state index contributed by atoms with van der Waals surface area (Å²) in [4.78, 5) is 22.1. The maximum absolute atomic E-state index is 11.6. The Hall–Kier alpha value is -3.15. The van der Waals surface area contributed by atoms with Gasteiger partial charge in [0.2, 0.25) is 0 Å².